The molecule has 0 unspecified atom stereocenters. The zero-order valence-corrected chi connectivity index (χ0v) is 16.7. The van der Waals surface area contributed by atoms with E-state index in [1.807, 2.05) is 32.0 Å². The Bertz CT molecular complexity index is 1070. The zero-order chi connectivity index (χ0) is 21.1. The van der Waals surface area contributed by atoms with E-state index in [0.29, 0.717) is 47.3 Å². The van der Waals surface area contributed by atoms with Gasteiger partial charge in [0.05, 0.1) is 17.5 Å². The van der Waals surface area contributed by atoms with Crippen LogP contribution in [-0.4, -0.2) is 35.2 Å². The number of nitrogens with one attached hydrogen (secondary N) is 3. The van der Waals surface area contributed by atoms with Crippen LogP contribution in [0.1, 0.15) is 24.2 Å². The van der Waals surface area contributed by atoms with E-state index >= 15 is 0 Å². The summed E-state index contributed by atoms with van der Waals surface area (Å²) < 4.78 is 11.2. The van der Waals surface area contributed by atoms with E-state index in [0.717, 1.165) is 5.56 Å². The molecule has 0 fully saturated rings. The maximum absolute atomic E-state index is 12.8. The number of ether oxygens (including phenoxy) is 2. The Labute approximate surface area is 173 Å². The van der Waals surface area contributed by atoms with Crippen LogP contribution < -0.4 is 20.1 Å². The van der Waals surface area contributed by atoms with Crippen molar-refractivity contribution >= 4 is 23.2 Å². The first-order valence-electron chi connectivity index (χ1n) is 9.67. The summed E-state index contributed by atoms with van der Waals surface area (Å²) in [7, 11) is 0. The molecule has 3 aromatic rings. The van der Waals surface area contributed by atoms with Gasteiger partial charge < -0.3 is 20.1 Å². The Hall–Kier alpha value is -3.81. The fourth-order valence-electron chi connectivity index (χ4n) is 3.00. The Morgan fingerprint density at radius 2 is 1.63 bits per heavy atom. The second-order valence-electron chi connectivity index (χ2n) is 7.19. The molecule has 0 radical (unpaired) electrons. The lowest BCUT2D eigenvalue weighted by Crippen LogP contribution is -2.17. The van der Waals surface area contributed by atoms with E-state index < -0.39 is 0 Å². The molecular weight excluding hydrogens is 384 g/mol. The minimum Gasteiger partial charge on any atom is -0.486 e. The van der Waals surface area contributed by atoms with Crippen molar-refractivity contribution < 1.29 is 19.1 Å². The zero-order valence-electron chi connectivity index (χ0n) is 16.7. The van der Waals surface area contributed by atoms with Gasteiger partial charge in [-0.05, 0) is 42.5 Å². The molecule has 4 rings (SSSR count). The molecule has 2 heterocycles. The molecule has 2 aromatic carbocycles. The third kappa shape index (κ3) is 4.12. The summed E-state index contributed by atoms with van der Waals surface area (Å²) >= 11 is 0. The van der Waals surface area contributed by atoms with Crippen molar-refractivity contribution in [3.63, 3.8) is 0 Å². The highest BCUT2D eigenvalue weighted by Crippen LogP contribution is 2.35. The average Bonchev–Trinajstić information content (AvgIpc) is 3.25. The summed E-state index contributed by atoms with van der Waals surface area (Å²) in [5.74, 6) is 0.852. The van der Waals surface area contributed by atoms with Crippen molar-refractivity contribution in [2.45, 2.75) is 13.8 Å². The number of hydrogen-bond acceptors (Lipinski definition) is 5. The second-order valence-corrected chi connectivity index (χ2v) is 7.19. The largest absolute Gasteiger partial charge is 0.486 e. The minimum atomic E-state index is -0.299. The van der Waals surface area contributed by atoms with E-state index in [1.54, 1.807) is 24.3 Å². The summed E-state index contributed by atoms with van der Waals surface area (Å²) in [6.45, 7) is 4.66. The number of rotatable bonds is 5. The molecule has 0 bridgehead atoms. The third-order valence-electron chi connectivity index (χ3n) is 4.65. The van der Waals surface area contributed by atoms with Gasteiger partial charge in [0.25, 0.3) is 5.91 Å². The lowest BCUT2D eigenvalue weighted by molar-refractivity contribution is -0.118. The van der Waals surface area contributed by atoms with Gasteiger partial charge in [-0.2, -0.15) is 5.10 Å². The smallest absolute Gasteiger partial charge is 0.259 e. The Kier molecular flexibility index (Phi) is 5.38. The lowest BCUT2D eigenvalue weighted by Gasteiger charge is -2.18. The summed E-state index contributed by atoms with van der Waals surface area (Å²) in [6, 6.07) is 12.4. The van der Waals surface area contributed by atoms with Gasteiger partial charge in [-0.3, -0.25) is 14.7 Å². The first-order chi connectivity index (χ1) is 14.5. The summed E-state index contributed by atoms with van der Waals surface area (Å²) in [4.78, 5) is 24.6. The number of aromatic amines is 1. The molecule has 1 aliphatic rings. The predicted octanol–water partition coefficient (Wildman–Crippen LogP) is 3.69. The van der Waals surface area contributed by atoms with Gasteiger partial charge in [0.2, 0.25) is 5.91 Å². The standard InChI is InChI=1S/C22H22N4O4/c1-13(2)21(27)24-15-4-6-16(7-5-15)25-22(28)17-12-23-26-20(17)14-3-8-18-19(11-14)30-10-9-29-18/h3-8,11-13H,9-10H2,1-2H3,(H,23,26)(H,24,27)(H,25,28). The van der Waals surface area contributed by atoms with Gasteiger partial charge in [0, 0.05) is 22.9 Å². The Morgan fingerprint density at radius 1 is 0.967 bits per heavy atom. The molecule has 0 spiro atoms. The Morgan fingerprint density at radius 3 is 2.33 bits per heavy atom. The maximum Gasteiger partial charge on any atom is 0.259 e. The lowest BCUT2D eigenvalue weighted by atomic mass is 10.1. The SMILES string of the molecule is CC(C)C(=O)Nc1ccc(NC(=O)c2cn[nH]c2-c2ccc3c(c2)OCCO3)cc1. The van der Waals surface area contributed by atoms with Gasteiger partial charge in [-0.25, -0.2) is 0 Å². The molecule has 0 atom stereocenters. The van der Waals surface area contributed by atoms with E-state index in [4.69, 9.17) is 9.47 Å². The van der Waals surface area contributed by atoms with Crippen LogP contribution >= 0.6 is 0 Å². The highest BCUT2D eigenvalue weighted by Gasteiger charge is 2.19. The van der Waals surface area contributed by atoms with Gasteiger partial charge in [-0.1, -0.05) is 13.8 Å². The fraction of sp³-hybridized carbons (Fsp3) is 0.227. The predicted molar refractivity (Wildman–Crippen MR) is 113 cm³/mol. The van der Waals surface area contributed by atoms with Crippen molar-refractivity contribution in [2.24, 2.45) is 5.92 Å². The molecule has 30 heavy (non-hydrogen) atoms. The number of hydrogen-bond donors (Lipinski definition) is 3. The normalized spacial score (nSPS) is 12.5. The van der Waals surface area contributed by atoms with Crippen LogP contribution in [0.3, 0.4) is 0 Å². The van der Waals surface area contributed by atoms with Crippen LogP contribution in [0.4, 0.5) is 11.4 Å². The molecule has 0 saturated carbocycles. The van der Waals surface area contributed by atoms with Crippen LogP contribution in [0.25, 0.3) is 11.3 Å². The number of fused-ring (bicyclic) bond motifs is 1. The number of benzene rings is 2. The minimum absolute atomic E-state index is 0.0609. The monoisotopic (exact) mass is 406 g/mol. The van der Waals surface area contributed by atoms with Gasteiger partial charge >= 0.3 is 0 Å². The average molecular weight is 406 g/mol. The number of anilines is 2. The van der Waals surface area contributed by atoms with Crippen LogP contribution in [0.5, 0.6) is 11.5 Å². The number of amides is 2. The van der Waals surface area contributed by atoms with Crippen molar-refractivity contribution in [1.82, 2.24) is 10.2 Å². The van der Waals surface area contributed by atoms with Crippen molar-refractivity contribution in [1.29, 1.82) is 0 Å². The summed E-state index contributed by atoms with van der Waals surface area (Å²) in [6.07, 6.45) is 1.48. The first-order valence-corrected chi connectivity index (χ1v) is 9.67. The van der Waals surface area contributed by atoms with Gasteiger partial charge in [0.15, 0.2) is 11.5 Å². The van der Waals surface area contributed by atoms with E-state index in [1.165, 1.54) is 6.20 Å². The number of H-pyrrole nitrogens is 1. The van der Waals surface area contributed by atoms with Gasteiger partial charge in [-0.15, -0.1) is 0 Å². The van der Waals surface area contributed by atoms with Crippen LogP contribution in [0, 0.1) is 5.92 Å². The number of aromatic nitrogens is 2. The molecule has 154 valence electrons. The fourth-order valence-corrected chi connectivity index (χ4v) is 3.00. The van der Waals surface area contributed by atoms with Crippen LogP contribution in [-0.2, 0) is 4.79 Å². The van der Waals surface area contributed by atoms with E-state index in [-0.39, 0.29) is 17.7 Å². The topological polar surface area (TPSA) is 105 Å². The molecule has 1 aliphatic heterocycles. The van der Waals surface area contributed by atoms with Crippen molar-refractivity contribution in [2.75, 3.05) is 23.8 Å². The quantitative estimate of drug-likeness (QED) is 0.599. The third-order valence-corrected chi connectivity index (χ3v) is 4.65. The Balaban J connectivity index is 1.49. The molecule has 8 nitrogen and oxygen atoms in total. The number of carbonyl (C=O) groups excluding carboxylic acids is 2. The van der Waals surface area contributed by atoms with Crippen LogP contribution in [0.15, 0.2) is 48.7 Å². The number of nitrogens with zero attached hydrogens (tertiary/aromatic N) is 1. The highest BCUT2D eigenvalue weighted by atomic mass is 16.6. The molecule has 0 aliphatic carbocycles. The summed E-state index contributed by atoms with van der Waals surface area (Å²) in [5, 5.41) is 12.6. The van der Waals surface area contributed by atoms with E-state index in [2.05, 4.69) is 20.8 Å². The molecule has 2 amide bonds. The maximum atomic E-state index is 12.8. The van der Waals surface area contributed by atoms with Crippen molar-refractivity contribution in [3.8, 4) is 22.8 Å². The molecule has 0 saturated heterocycles. The van der Waals surface area contributed by atoms with Crippen LogP contribution in [0.2, 0.25) is 0 Å². The molecule has 1 aromatic heterocycles. The number of carbonyl (C=O) groups is 2. The molecular formula is C22H22N4O4. The first kappa shape index (κ1) is 19.5. The summed E-state index contributed by atoms with van der Waals surface area (Å²) in [5.41, 5.74) is 3.05. The van der Waals surface area contributed by atoms with Gasteiger partial charge in [0.1, 0.15) is 13.2 Å². The van der Waals surface area contributed by atoms with Crippen molar-refractivity contribution in [3.05, 3.63) is 54.2 Å². The molecule has 8 heteroatoms. The second kappa shape index (κ2) is 8.28. The highest BCUT2D eigenvalue weighted by molar-refractivity contribution is 6.08. The van der Waals surface area contributed by atoms with E-state index in [9.17, 15) is 9.59 Å². The molecule has 3 N–H and O–H groups in total.